The molecule has 0 saturated heterocycles. The molecule has 0 radical (unpaired) electrons. The number of thiazole rings is 1. The molecule has 0 bridgehead atoms. The van der Waals surface area contributed by atoms with Gasteiger partial charge in [-0.15, -0.1) is 11.3 Å². The van der Waals surface area contributed by atoms with E-state index < -0.39 is 0 Å². The lowest BCUT2D eigenvalue weighted by atomic mass is 10.2. The van der Waals surface area contributed by atoms with Crippen LogP contribution in [0.1, 0.15) is 36.9 Å². The molecule has 0 fully saturated rings. The van der Waals surface area contributed by atoms with Gasteiger partial charge in [-0.2, -0.15) is 0 Å². The van der Waals surface area contributed by atoms with Crippen LogP contribution in [0.3, 0.4) is 0 Å². The van der Waals surface area contributed by atoms with Crippen LogP contribution < -0.4 is 0 Å². The highest BCUT2D eigenvalue weighted by molar-refractivity contribution is 7.09. The zero-order valence-corrected chi connectivity index (χ0v) is 10.9. The first-order chi connectivity index (χ1) is 7.72. The second-order valence-electron chi connectivity index (χ2n) is 4.00. The molecule has 0 saturated carbocycles. The molecule has 0 aliphatic heterocycles. The van der Waals surface area contributed by atoms with Crippen molar-refractivity contribution in [2.75, 3.05) is 13.2 Å². The van der Waals surface area contributed by atoms with Crippen LogP contribution in [0.4, 0.5) is 0 Å². The first-order valence-electron chi connectivity index (χ1n) is 5.89. The van der Waals surface area contributed by atoms with Gasteiger partial charge in [-0.25, -0.2) is 4.98 Å². The summed E-state index contributed by atoms with van der Waals surface area (Å²) in [6.07, 6.45) is 3.27. The Morgan fingerprint density at radius 1 is 1.50 bits per heavy atom. The molecule has 0 aliphatic rings. The number of aryl methyl sites for hydroxylation is 1. The fraction of sp³-hybridized carbons (Fsp3) is 0.750. The van der Waals surface area contributed by atoms with Crippen molar-refractivity contribution in [2.45, 2.75) is 45.6 Å². The van der Waals surface area contributed by atoms with E-state index in [2.05, 4.69) is 11.9 Å². The number of hydrogen-bond acceptors (Lipinski definition) is 4. The summed E-state index contributed by atoms with van der Waals surface area (Å²) in [6.45, 7) is 5.56. The van der Waals surface area contributed by atoms with Gasteiger partial charge >= 0.3 is 0 Å². The summed E-state index contributed by atoms with van der Waals surface area (Å²) in [5.74, 6) is 0. The third-order valence-corrected chi connectivity index (χ3v) is 3.30. The molecule has 0 spiro atoms. The topological polar surface area (TPSA) is 42.4 Å². The fourth-order valence-electron chi connectivity index (χ4n) is 1.37. The van der Waals surface area contributed by atoms with Gasteiger partial charge < -0.3 is 9.84 Å². The highest BCUT2D eigenvalue weighted by Crippen LogP contribution is 2.12. The zero-order valence-electron chi connectivity index (χ0n) is 10.1. The van der Waals surface area contributed by atoms with Crippen molar-refractivity contribution in [1.29, 1.82) is 0 Å². The summed E-state index contributed by atoms with van der Waals surface area (Å²) in [4.78, 5) is 4.33. The van der Waals surface area contributed by atoms with E-state index in [0.717, 1.165) is 30.2 Å². The first-order valence-corrected chi connectivity index (χ1v) is 6.77. The molecule has 1 atom stereocenters. The standard InChI is InChI=1S/C12H21NO2S/c1-3-4-6-15-7-5-11(14)8-12-13-10(2)9-16-12/h9,11,14H,3-8H2,1-2H3. The summed E-state index contributed by atoms with van der Waals surface area (Å²) in [6, 6.07) is 0. The lowest BCUT2D eigenvalue weighted by Gasteiger charge is -2.08. The van der Waals surface area contributed by atoms with Gasteiger partial charge in [0.15, 0.2) is 0 Å². The van der Waals surface area contributed by atoms with Gasteiger partial charge in [-0.3, -0.25) is 0 Å². The van der Waals surface area contributed by atoms with Crippen molar-refractivity contribution in [3.63, 3.8) is 0 Å². The van der Waals surface area contributed by atoms with Gasteiger partial charge in [0, 0.05) is 30.7 Å². The monoisotopic (exact) mass is 243 g/mol. The van der Waals surface area contributed by atoms with Crippen molar-refractivity contribution in [3.05, 3.63) is 16.1 Å². The molecule has 92 valence electrons. The Kier molecular flexibility index (Phi) is 6.61. The lowest BCUT2D eigenvalue weighted by molar-refractivity contribution is 0.0806. The van der Waals surface area contributed by atoms with E-state index in [1.807, 2.05) is 12.3 Å². The number of rotatable bonds is 8. The van der Waals surface area contributed by atoms with E-state index >= 15 is 0 Å². The molecule has 1 aromatic heterocycles. The minimum atomic E-state index is -0.327. The fourth-order valence-corrected chi connectivity index (χ4v) is 2.21. The number of unbranched alkanes of at least 4 members (excludes halogenated alkanes) is 1. The average Bonchev–Trinajstić information content (AvgIpc) is 2.63. The SMILES string of the molecule is CCCCOCCC(O)Cc1nc(C)cs1. The van der Waals surface area contributed by atoms with E-state index in [1.54, 1.807) is 11.3 Å². The Hall–Kier alpha value is -0.450. The van der Waals surface area contributed by atoms with Crippen molar-refractivity contribution in [3.8, 4) is 0 Å². The minimum absolute atomic E-state index is 0.327. The predicted molar refractivity (Wildman–Crippen MR) is 66.9 cm³/mol. The van der Waals surface area contributed by atoms with E-state index in [4.69, 9.17) is 4.74 Å². The summed E-state index contributed by atoms with van der Waals surface area (Å²) in [5.41, 5.74) is 1.03. The van der Waals surface area contributed by atoms with Gasteiger partial charge in [0.2, 0.25) is 0 Å². The normalized spacial score (nSPS) is 12.9. The number of nitrogens with zero attached hydrogens (tertiary/aromatic N) is 1. The molecule has 0 aliphatic carbocycles. The number of ether oxygens (including phenoxy) is 1. The third kappa shape index (κ3) is 5.58. The third-order valence-electron chi connectivity index (χ3n) is 2.31. The van der Waals surface area contributed by atoms with Gasteiger partial charge in [0.25, 0.3) is 0 Å². The van der Waals surface area contributed by atoms with Crippen LogP contribution in [0.5, 0.6) is 0 Å². The molecule has 0 amide bonds. The van der Waals surface area contributed by atoms with Gasteiger partial charge in [-0.1, -0.05) is 13.3 Å². The van der Waals surface area contributed by atoms with E-state index in [1.165, 1.54) is 0 Å². The maximum Gasteiger partial charge on any atom is 0.0953 e. The van der Waals surface area contributed by atoms with Crippen LogP contribution in [-0.2, 0) is 11.2 Å². The Morgan fingerprint density at radius 2 is 2.31 bits per heavy atom. The van der Waals surface area contributed by atoms with Crippen molar-refractivity contribution in [2.24, 2.45) is 0 Å². The van der Waals surface area contributed by atoms with Crippen LogP contribution in [0.25, 0.3) is 0 Å². The maximum atomic E-state index is 9.76. The van der Waals surface area contributed by atoms with Gasteiger partial charge in [0.05, 0.1) is 11.1 Å². The number of hydrogen-bond donors (Lipinski definition) is 1. The highest BCUT2D eigenvalue weighted by atomic mass is 32.1. The summed E-state index contributed by atoms with van der Waals surface area (Å²) >= 11 is 1.61. The van der Waals surface area contributed by atoms with Crippen LogP contribution >= 0.6 is 11.3 Å². The molecule has 1 aromatic rings. The van der Waals surface area contributed by atoms with Crippen LogP contribution in [0.2, 0.25) is 0 Å². The molecular formula is C12H21NO2S. The smallest absolute Gasteiger partial charge is 0.0953 e. The van der Waals surface area contributed by atoms with Crippen LogP contribution in [0, 0.1) is 6.92 Å². The van der Waals surface area contributed by atoms with E-state index in [9.17, 15) is 5.11 Å². The summed E-state index contributed by atoms with van der Waals surface area (Å²) in [5, 5.41) is 12.8. The molecule has 16 heavy (non-hydrogen) atoms. The van der Waals surface area contributed by atoms with Crippen LogP contribution in [-0.4, -0.2) is 29.4 Å². The Labute approximate surface area is 101 Å². The van der Waals surface area contributed by atoms with E-state index in [-0.39, 0.29) is 6.10 Å². The van der Waals surface area contributed by atoms with E-state index in [0.29, 0.717) is 19.4 Å². The highest BCUT2D eigenvalue weighted by Gasteiger charge is 2.08. The Morgan fingerprint density at radius 3 is 2.94 bits per heavy atom. The second kappa shape index (κ2) is 7.76. The number of aliphatic hydroxyl groups excluding tert-OH is 1. The van der Waals surface area contributed by atoms with Crippen LogP contribution in [0.15, 0.2) is 5.38 Å². The molecule has 1 N–H and O–H groups in total. The molecule has 3 nitrogen and oxygen atoms in total. The van der Waals surface area contributed by atoms with Gasteiger partial charge in [-0.05, 0) is 19.8 Å². The first kappa shape index (κ1) is 13.6. The number of aromatic nitrogens is 1. The second-order valence-corrected chi connectivity index (χ2v) is 4.94. The molecule has 1 rings (SSSR count). The van der Waals surface area contributed by atoms with Gasteiger partial charge in [0.1, 0.15) is 0 Å². The molecule has 4 heteroatoms. The van der Waals surface area contributed by atoms with Crippen molar-refractivity contribution < 1.29 is 9.84 Å². The average molecular weight is 243 g/mol. The minimum Gasteiger partial charge on any atom is -0.393 e. The maximum absolute atomic E-state index is 9.76. The Bertz CT molecular complexity index is 288. The number of aliphatic hydroxyl groups is 1. The Balaban J connectivity index is 2.09. The lowest BCUT2D eigenvalue weighted by Crippen LogP contribution is -2.13. The quantitative estimate of drug-likeness (QED) is 0.714. The summed E-state index contributed by atoms with van der Waals surface area (Å²) in [7, 11) is 0. The molecule has 0 aromatic carbocycles. The molecular weight excluding hydrogens is 222 g/mol. The van der Waals surface area contributed by atoms with Crippen molar-refractivity contribution in [1.82, 2.24) is 4.98 Å². The predicted octanol–water partition coefficient (Wildman–Crippen LogP) is 2.56. The molecule has 1 heterocycles. The summed E-state index contributed by atoms with van der Waals surface area (Å²) < 4.78 is 5.41. The molecule has 1 unspecified atom stereocenters. The van der Waals surface area contributed by atoms with Crippen molar-refractivity contribution >= 4 is 11.3 Å². The zero-order chi connectivity index (χ0) is 11.8. The largest absolute Gasteiger partial charge is 0.393 e.